The number of aromatic nitrogens is 2. The van der Waals surface area contributed by atoms with Crippen LogP contribution in [0.1, 0.15) is 12.5 Å². The van der Waals surface area contributed by atoms with Crippen LogP contribution in [0.5, 0.6) is 0 Å². The molecular weight excluding hydrogens is 388 g/mol. The number of nitrogens with zero attached hydrogens (tertiary/aromatic N) is 4. The predicted molar refractivity (Wildman–Crippen MR) is 115 cm³/mol. The van der Waals surface area contributed by atoms with Crippen molar-refractivity contribution in [1.29, 1.82) is 0 Å². The van der Waals surface area contributed by atoms with Gasteiger partial charge < -0.3 is 4.90 Å². The Balaban J connectivity index is 1.63. The lowest BCUT2D eigenvalue weighted by Crippen LogP contribution is -2.53. The smallest absolute Gasteiger partial charge is 0.328 e. The van der Waals surface area contributed by atoms with Crippen molar-refractivity contribution in [3.63, 3.8) is 0 Å². The van der Waals surface area contributed by atoms with Gasteiger partial charge in [0.05, 0.1) is 15.9 Å². The van der Waals surface area contributed by atoms with Crippen molar-refractivity contribution in [3.8, 4) is 0 Å². The molecule has 2 heterocycles. The maximum atomic E-state index is 13.3. The second-order valence-corrected chi connectivity index (χ2v) is 9.73. The molecule has 0 spiro atoms. The minimum absolute atomic E-state index is 0.0603. The zero-order valence-electron chi connectivity index (χ0n) is 17.2. The van der Waals surface area contributed by atoms with Gasteiger partial charge in [-0.1, -0.05) is 12.1 Å². The quantitative estimate of drug-likeness (QED) is 0.658. The number of sulfonamides is 1. The van der Waals surface area contributed by atoms with E-state index in [2.05, 4.69) is 30.0 Å². The summed E-state index contributed by atoms with van der Waals surface area (Å²) >= 11 is 0. The number of aryl methyl sites for hydroxylation is 3. The molecule has 3 aromatic rings. The van der Waals surface area contributed by atoms with Gasteiger partial charge in [-0.3, -0.25) is 9.13 Å². The third-order valence-corrected chi connectivity index (χ3v) is 7.67. The van der Waals surface area contributed by atoms with Crippen LogP contribution in [0.15, 0.2) is 52.2 Å². The molecule has 2 aromatic carbocycles. The number of hydrogen-bond donors (Lipinski definition) is 0. The number of piperazine rings is 1. The Kier molecular flexibility index (Phi) is 4.78. The highest BCUT2D eigenvalue weighted by atomic mass is 32.2. The van der Waals surface area contributed by atoms with E-state index >= 15 is 0 Å². The standard InChI is InChI=1S/C21H26N4O3S/c1-15-6-5-7-17(12-15)25-11-10-24(14-16(25)2)29(27,28)18-8-9-19-20(13-18)23(4)21(26)22(19)3/h5-9,12-13,16H,10-11,14H2,1-4H3/t16-/m0/s1. The van der Waals surface area contributed by atoms with Crippen LogP contribution in [0.4, 0.5) is 5.69 Å². The monoisotopic (exact) mass is 414 g/mol. The molecule has 0 saturated carbocycles. The minimum atomic E-state index is -3.64. The molecule has 0 radical (unpaired) electrons. The number of benzene rings is 2. The van der Waals surface area contributed by atoms with Crippen molar-refractivity contribution in [2.75, 3.05) is 24.5 Å². The molecule has 1 fully saturated rings. The summed E-state index contributed by atoms with van der Waals surface area (Å²) in [6, 6.07) is 13.2. The molecule has 1 atom stereocenters. The molecule has 0 amide bonds. The highest BCUT2D eigenvalue weighted by Crippen LogP contribution is 2.26. The first-order valence-electron chi connectivity index (χ1n) is 9.69. The lowest BCUT2D eigenvalue weighted by molar-refractivity contribution is 0.342. The highest BCUT2D eigenvalue weighted by molar-refractivity contribution is 7.89. The van der Waals surface area contributed by atoms with Crippen LogP contribution in [0.25, 0.3) is 11.0 Å². The van der Waals surface area contributed by atoms with Gasteiger partial charge >= 0.3 is 5.69 Å². The van der Waals surface area contributed by atoms with Gasteiger partial charge in [0.1, 0.15) is 0 Å². The van der Waals surface area contributed by atoms with Crippen LogP contribution in [0.3, 0.4) is 0 Å². The zero-order chi connectivity index (χ0) is 20.9. The van der Waals surface area contributed by atoms with E-state index in [-0.39, 0.29) is 16.6 Å². The average Bonchev–Trinajstić information content (AvgIpc) is 2.91. The van der Waals surface area contributed by atoms with Gasteiger partial charge in [-0.15, -0.1) is 0 Å². The summed E-state index contributed by atoms with van der Waals surface area (Å²) in [6.45, 7) is 5.58. The summed E-state index contributed by atoms with van der Waals surface area (Å²) in [5, 5.41) is 0. The van der Waals surface area contributed by atoms with E-state index in [1.807, 2.05) is 13.0 Å². The normalized spacial score (nSPS) is 18.5. The largest absolute Gasteiger partial charge is 0.366 e. The molecule has 1 aliphatic heterocycles. The van der Waals surface area contributed by atoms with E-state index in [0.717, 1.165) is 5.69 Å². The first kappa shape index (κ1) is 19.7. The number of fused-ring (bicyclic) bond motifs is 1. The van der Waals surface area contributed by atoms with Gasteiger partial charge in [0.25, 0.3) is 0 Å². The number of rotatable bonds is 3. The maximum Gasteiger partial charge on any atom is 0.328 e. The Hall–Kier alpha value is -2.58. The first-order valence-corrected chi connectivity index (χ1v) is 11.1. The van der Waals surface area contributed by atoms with Gasteiger partial charge in [-0.25, -0.2) is 13.2 Å². The van der Waals surface area contributed by atoms with Crippen LogP contribution in [-0.2, 0) is 24.1 Å². The Morgan fingerprint density at radius 3 is 2.38 bits per heavy atom. The fourth-order valence-electron chi connectivity index (χ4n) is 4.13. The molecule has 1 saturated heterocycles. The van der Waals surface area contributed by atoms with Crippen molar-refractivity contribution in [2.24, 2.45) is 14.1 Å². The molecule has 0 bridgehead atoms. The lowest BCUT2D eigenvalue weighted by atomic mass is 10.1. The van der Waals surface area contributed by atoms with Crippen molar-refractivity contribution in [3.05, 3.63) is 58.5 Å². The molecule has 0 unspecified atom stereocenters. The van der Waals surface area contributed by atoms with E-state index in [4.69, 9.17) is 0 Å². The van der Waals surface area contributed by atoms with Crippen LogP contribution in [0, 0.1) is 6.92 Å². The number of imidazole rings is 1. The average molecular weight is 415 g/mol. The third kappa shape index (κ3) is 3.26. The second kappa shape index (κ2) is 7.03. The van der Waals surface area contributed by atoms with Crippen molar-refractivity contribution in [2.45, 2.75) is 24.8 Å². The fraction of sp³-hybridized carbons (Fsp3) is 0.381. The van der Waals surface area contributed by atoms with Gasteiger partial charge in [-0.2, -0.15) is 4.31 Å². The predicted octanol–water partition coefficient (Wildman–Crippen LogP) is 2.08. The molecule has 0 aliphatic carbocycles. The summed E-state index contributed by atoms with van der Waals surface area (Å²) < 4.78 is 31.1. The van der Waals surface area contributed by atoms with Crippen molar-refractivity contribution in [1.82, 2.24) is 13.4 Å². The molecule has 1 aromatic heterocycles. The molecule has 4 rings (SSSR count). The van der Waals surface area contributed by atoms with Crippen molar-refractivity contribution < 1.29 is 8.42 Å². The Labute approximate surface area is 170 Å². The Bertz CT molecular complexity index is 1240. The molecule has 7 nitrogen and oxygen atoms in total. The molecular formula is C21H26N4O3S. The van der Waals surface area contributed by atoms with Crippen LogP contribution >= 0.6 is 0 Å². The Morgan fingerprint density at radius 1 is 0.966 bits per heavy atom. The molecule has 29 heavy (non-hydrogen) atoms. The Morgan fingerprint density at radius 2 is 1.69 bits per heavy atom. The lowest BCUT2D eigenvalue weighted by Gasteiger charge is -2.40. The zero-order valence-corrected chi connectivity index (χ0v) is 18.0. The van der Waals surface area contributed by atoms with Gasteiger partial charge in [0.15, 0.2) is 0 Å². The van der Waals surface area contributed by atoms with Crippen LogP contribution in [-0.4, -0.2) is 47.5 Å². The molecule has 154 valence electrons. The SMILES string of the molecule is Cc1cccc(N2CCN(S(=O)(=O)c3ccc4c(c3)n(C)c(=O)n4C)C[C@@H]2C)c1. The summed E-state index contributed by atoms with van der Waals surface area (Å²) in [6.07, 6.45) is 0. The maximum absolute atomic E-state index is 13.3. The summed E-state index contributed by atoms with van der Waals surface area (Å²) in [5.41, 5.74) is 3.47. The van der Waals surface area contributed by atoms with Gasteiger partial charge in [0.2, 0.25) is 10.0 Å². The summed E-state index contributed by atoms with van der Waals surface area (Å²) in [7, 11) is -0.296. The number of anilines is 1. The highest BCUT2D eigenvalue weighted by Gasteiger charge is 2.32. The topological polar surface area (TPSA) is 67.6 Å². The van der Waals surface area contributed by atoms with Crippen LogP contribution < -0.4 is 10.6 Å². The summed E-state index contributed by atoms with van der Waals surface area (Å²) in [5.74, 6) is 0. The van der Waals surface area contributed by atoms with E-state index in [1.54, 1.807) is 36.6 Å². The summed E-state index contributed by atoms with van der Waals surface area (Å²) in [4.78, 5) is 14.6. The van der Waals surface area contributed by atoms with Crippen LogP contribution in [0.2, 0.25) is 0 Å². The molecule has 0 N–H and O–H groups in total. The molecule has 8 heteroatoms. The third-order valence-electron chi connectivity index (χ3n) is 5.80. The second-order valence-electron chi connectivity index (χ2n) is 7.80. The van der Waals surface area contributed by atoms with E-state index in [9.17, 15) is 13.2 Å². The van der Waals surface area contributed by atoms with E-state index < -0.39 is 10.0 Å². The minimum Gasteiger partial charge on any atom is -0.366 e. The first-order chi connectivity index (χ1) is 13.7. The van der Waals surface area contributed by atoms with Crippen molar-refractivity contribution >= 4 is 26.7 Å². The molecule has 1 aliphatic rings. The fourth-order valence-corrected chi connectivity index (χ4v) is 5.66. The van der Waals surface area contributed by atoms with Gasteiger partial charge in [0, 0.05) is 45.5 Å². The number of hydrogen-bond acceptors (Lipinski definition) is 4. The van der Waals surface area contributed by atoms with Gasteiger partial charge in [-0.05, 0) is 49.7 Å². The van der Waals surface area contributed by atoms with E-state index in [0.29, 0.717) is 30.7 Å². The van der Waals surface area contributed by atoms with E-state index in [1.165, 1.54) is 14.7 Å².